The lowest BCUT2D eigenvalue weighted by molar-refractivity contribution is -0.228. The number of esters is 1. The zero-order chi connectivity index (χ0) is 25.3. The molecule has 4 aliphatic carbocycles. The quantitative estimate of drug-likeness (QED) is 0.576. The molecule has 0 unspecified atom stereocenters. The first kappa shape index (κ1) is 25.5. The van der Waals surface area contributed by atoms with Crippen molar-refractivity contribution in [1.29, 1.82) is 0 Å². The van der Waals surface area contributed by atoms with Crippen LogP contribution in [-0.4, -0.2) is 51.5 Å². The van der Waals surface area contributed by atoms with Crippen molar-refractivity contribution in [2.75, 3.05) is 6.01 Å². The molecule has 0 radical (unpaired) electrons. The molecule has 0 spiro atoms. The number of aliphatic hydroxyl groups is 1. The standard InChI is InChI=1S/C25H31F3O5S/c1-5-20(31)33-25(21(32)34-12-26)13(2)8-15-16-10-18(27)17-9-14(29)6-7-22(17,3)24(16,28)19(30)11-23(15,25)4/h6-7,9,13,15-16,18-19,30H,5,8,10-12H2,1-4H3/t13-,15-,16+,18+,19+,22+,23+,24-,25+/m1/s1. The predicted octanol–water partition coefficient (Wildman–Crippen LogP) is 4.43. The van der Waals surface area contributed by atoms with E-state index in [4.69, 9.17) is 4.74 Å². The summed E-state index contributed by atoms with van der Waals surface area (Å²) >= 11 is 0.396. The number of aliphatic hydroxyl groups excluding tert-OH is 1. The number of hydrogen-bond donors (Lipinski definition) is 1. The van der Waals surface area contributed by atoms with Crippen LogP contribution in [0.4, 0.5) is 13.2 Å². The molecule has 0 aromatic heterocycles. The van der Waals surface area contributed by atoms with Gasteiger partial charge in [0.05, 0.1) is 6.10 Å². The second-order valence-electron chi connectivity index (χ2n) is 10.6. The van der Waals surface area contributed by atoms with E-state index in [1.165, 1.54) is 19.1 Å². The molecule has 0 aromatic rings. The van der Waals surface area contributed by atoms with Crippen molar-refractivity contribution in [2.45, 2.75) is 76.9 Å². The van der Waals surface area contributed by atoms with E-state index in [-0.39, 0.29) is 31.3 Å². The van der Waals surface area contributed by atoms with Crippen LogP contribution >= 0.6 is 11.8 Å². The third-order valence-corrected chi connectivity index (χ3v) is 9.90. The number of alkyl halides is 3. The van der Waals surface area contributed by atoms with Crippen molar-refractivity contribution >= 4 is 28.6 Å². The van der Waals surface area contributed by atoms with E-state index >= 15 is 8.78 Å². The van der Waals surface area contributed by atoms with Gasteiger partial charge in [0.1, 0.15) is 12.2 Å². The van der Waals surface area contributed by atoms with Crippen molar-refractivity contribution in [3.63, 3.8) is 0 Å². The Kier molecular flexibility index (Phi) is 6.16. The molecule has 3 saturated carbocycles. The highest BCUT2D eigenvalue weighted by Gasteiger charge is 2.78. The van der Waals surface area contributed by atoms with E-state index < -0.39 is 75.0 Å². The van der Waals surface area contributed by atoms with E-state index in [0.717, 1.165) is 6.08 Å². The number of allylic oxidation sites excluding steroid dienone is 4. The summed E-state index contributed by atoms with van der Waals surface area (Å²) in [6.07, 6.45) is 0.160. The number of ether oxygens (including phenoxy) is 1. The van der Waals surface area contributed by atoms with Crippen molar-refractivity contribution < 1.29 is 37.4 Å². The summed E-state index contributed by atoms with van der Waals surface area (Å²) in [6.45, 7) is 6.45. The van der Waals surface area contributed by atoms with Crippen LogP contribution in [0, 0.1) is 28.6 Å². The fourth-order valence-electron chi connectivity index (χ4n) is 7.63. The Hall–Kier alpha value is -1.61. The Morgan fingerprint density at radius 2 is 1.94 bits per heavy atom. The molecule has 5 nitrogen and oxygen atoms in total. The largest absolute Gasteiger partial charge is 0.449 e. The molecule has 34 heavy (non-hydrogen) atoms. The van der Waals surface area contributed by atoms with Crippen molar-refractivity contribution in [3.8, 4) is 0 Å². The van der Waals surface area contributed by atoms with Gasteiger partial charge in [-0.3, -0.25) is 14.4 Å². The van der Waals surface area contributed by atoms with Crippen LogP contribution < -0.4 is 0 Å². The second kappa shape index (κ2) is 8.22. The van der Waals surface area contributed by atoms with Gasteiger partial charge in [0.2, 0.25) is 5.12 Å². The summed E-state index contributed by atoms with van der Waals surface area (Å²) in [7, 11) is 0. The van der Waals surface area contributed by atoms with Crippen molar-refractivity contribution in [1.82, 2.24) is 0 Å². The minimum atomic E-state index is -2.30. The predicted molar refractivity (Wildman–Crippen MR) is 121 cm³/mol. The summed E-state index contributed by atoms with van der Waals surface area (Å²) < 4.78 is 51.8. The molecular weight excluding hydrogens is 469 g/mol. The fraction of sp³-hybridized carbons (Fsp3) is 0.720. The Morgan fingerprint density at radius 1 is 1.26 bits per heavy atom. The SMILES string of the molecule is CCC(=O)O[C@]1(C(=O)SCF)[C@H](C)C[C@@H]2[C@@H]3C[C@H](F)C4=CC(=O)C=C[C@]4(C)[C@]3(F)[C@@H](O)C[C@@]21C. The monoisotopic (exact) mass is 500 g/mol. The number of ketones is 1. The van der Waals surface area contributed by atoms with E-state index in [2.05, 4.69) is 0 Å². The van der Waals surface area contributed by atoms with E-state index in [0.29, 0.717) is 11.8 Å². The smallest absolute Gasteiger partial charge is 0.306 e. The third-order valence-electron chi connectivity index (χ3n) is 9.22. The molecule has 0 saturated heterocycles. The van der Waals surface area contributed by atoms with E-state index in [1.807, 2.05) is 0 Å². The van der Waals surface area contributed by atoms with E-state index in [1.54, 1.807) is 20.8 Å². The average Bonchev–Trinajstić information content (AvgIpc) is 2.99. The first-order valence-corrected chi connectivity index (χ1v) is 12.7. The highest BCUT2D eigenvalue weighted by molar-refractivity contribution is 8.13. The summed E-state index contributed by atoms with van der Waals surface area (Å²) in [5.41, 5.74) is -6.84. The van der Waals surface area contributed by atoms with Gasteiger partial charge in [0.25, 0.3) is 0 Å². The second-order valence-corrected chi connectivity index (χ2v) is 11.5. The first-order valence-electron chi connectivity index (χ1n) is 11.7. The molecule has 0 aliphatic heterocycles. The molecule has 4 rings (SSSR count). The third kappa shape index (κ3) is 3.01. The molecule has 0 heterocycles. The zero-order valence-corrected chi connectivity index (χ0v) is 20.6. The number of halogens is 3. The van der Waals surface area contributed by atoms with Crippen LogP contribution in [0.5, 0.6) is 0 Å². The Morgan fingerprint density at radius 3 is 2.56 bits per heavy atom. The van der Waals surface area contributed by atoms with Crippen molar-refractivity contribution in [2.24, 2.45) is 28.6 Å². The van der Waals surface area contributed by atoms with Gasteiger partial charge in [0.15, 0.2) is 17.1 Å². The molecule has 188 valence electrons. The maximum Gasteiger partial charge on any atom is 0.306 e. The van der Waals surface area contributed by atoms with Gasteiger partial charge < -0.3 is 9.84 Å². The first-order chi connectivity index (χ1) is 15.8. The summed E-state index contributed by atoms with van der Waals surface area (Å²) in [5, 5.41) is 10.7. The van der Waals surface area contributed by atoms with Crippen LogP contribution in [0.25, 0.3) is 0 Å². The van der Waals surface area contributed by atoms with Gasteiger partial charge in [-0.1, -0.05) is 26.8 Å². The Bertz CT molecular complexity index is 984. The maximum atomic E-state index is 17.2. The van der Waals surface area contributed by atoms with Crippen molar-refractivity contribution in [3.05, 3.63) is 23.8 Å². The van der Waals surface area contributed by atoms with Crippen LogP contribution in [0.3, 0.4) is 0 Å². The van der Waals surface area contributed by atoms with Gasteiger partial charge in [-0.25, -0.2) is 13.2 Å². The van der Waals surface area contributed by atoms with E-state index in [9.17, 15) is 23.9 Å². The lowest BCUT2D eigenvalue weighted by Crippen LogP contribution is -2.70. The van der Waals surface area contributed by atoms with Crippen LogP contribution in [0.15, 0.2) is 23.8 Å². The van der Waals surface area contributed by atoms with Gasteiger partial charge in [-0.05, 0) is 61.6 Å². The van der Waals surface area contributed by atoms with Crippen LogP contribution in [0.2, 0.25) is 0 Å². The summed E-state index contributed by atoms with van der Waals surface area (Å²) in [5.74, 6) is -3.30. The minimum Gasteiger partial charge on any atom is -0.449 e. The zero-order valence-electron chi connectivity index (χ0n) is 19.8. The minimum absolute atomic E-state index is 0.0141. The molecular formula is C25H31F3O5S. The number of carbonyl (C=O) groups is 3. The molecule has 9 atom stereocenters. The van der Waals surface area contributed by atoms with Gasteiger partial charge in [0, 0.05) is 29.1 Å². The Balaban J connectivity index is 1.87. The molecule has 0 amide bonds. The number of thioether (sulfide) groups is 1. The van der Waals surface area contributed by atoms with Gasteiger partial charge >= 0.3 is 5.97 Å². The number of carbonyl (C=O) groups excluding carboxylic acids is 3. The highest BCUT2D eigenvalue weighted by Crippen LogP contribution is 2.72. The van der Waals surface area contributed by atoms with Crippen LogP contribution in [-0.2, 0) is 19.1 Å². The molecule has 3 fully saturated rings. The average molecular weight is 501 g/mol. The molecule has 1 N–H and O–H groups in total. The fourth-order valence-corrected chi connectivity index (χ4v) is 8.42. The van der Waals surface area contributed by atoms with Crippen LogP contribution in [0.1, 0.15) is 53.4 Å². The number of hydrogen-bond acceptors (Lipinski definition) is 6. The summed E-state index contributed by atoms with van der Waals surface area (Å²) in [4.78, 5) is 37.8. The number of fused-ring (bicyclic) bond motifs is 5. The molecule has 0 bridgehead atoms. The topological polar surface area (TPSA) is 80.7 Å². The van der Waals surface area contributed by atoms with Gasteiger partial charge in [-0.2, -0.15) is 0 Å². The lowest BCUT2D eigenvalue weighted by atomic mass is 9.44. The lowest BCUT2D eigenvalue weighted by Gasteiger charge is -2.63. The highest BCUT2D eigenvalue weighted by atomic mass is 32.2. The maximum absolute atomic E-state index is 17.2. The summed E-state index contributed by atoms with van der Waals surface area (Å²) in [6, 6.07) is -1.02. The molecule has 9 heteroatoms. The normalized spacial score (nSPS) is 47.4. The Labute approximate surface area is 201 Å². The van der Waals surface area contributed by atoms with Gasteiger partial charge in [-0.15, -0.1) is 0 Å². The number of rotatable bonds is 4. The molecule has 4 aliphatic rings. The molecule has 0 aromatic carbocycles.